The molecule has 0 radical (unpaired) electrons. The molecule has 2 N–H and O–H groups in total. The number of hydrogen-bond donors (Lipinski definition) is 2. The van der Waals surface area contributed by atoms with Gasteiger partial charge >= 0.3 is 0 Å². The molecule has 1 fully saturated rings. The summed E-state index contributed by atoms with van der Waals surface area (Å²) in [6.45, 7) is 2.74. The van der Waals surface area contributed by atoms with Gasteiger partial charge in [0.2, 0.25) is 17.8 Å². The maximum atomic E-state index is 4.53. The summed E-state index contributed by atoms with van der Waals surface area (Å²) in [7, 11) is 1.82. The second-order valence-corrected chi connectivity index (χ2v) is 5.07. The van der Waals surface area contributed by atoms with E-state index in [0.29, 0.717) is 18.4 Å². The molecular formula is C15H20N6. The number of nitrogens with zero attached hydrogens (tertiary/aromatic N) is 4. The van der Waals surface area contributed by atoms with Gasteiger partial charge in [-0.25, -0.2) is 0 Å². The van der Waals surface area contributed by atoms with Crippen LogP contribution in [0.15, 0.2) is 30.3 Å². The largest absolute Gasteiger partial charge is 0.357 e. The first kappa shape index (κ1) is 13.6. The Kier molecular flexibility index (Phi) is 4.14. The van der Waals surface area contributed by atoms with Gasteiger partial charge in [0.15, 0.2) is 0 Å². The molecular weight excluding hydrogens is 264 g/mol. The van der Waals surface area contributed by atoms with Crippen LogP contribution in [-0.2, 0) is 6.54 Å². The van der Waals surface area contributed by atoms with Crippen molar-refractivity contribution < 1.29 is 0 Å². The smallest absolute Gasteiger partial charge is 0.231 e. The second-order valence-electron chi connectivity index (χ2n) is 5.07. The van der Waals surface area contributed by atoms with E-state index in [1.807, 2.05) is 25.2 Å². The quantitative estimate of drug-likeness (QED) is 0.877. The van der Waals surface area contributed by atoms with Gasteiger partial charge in [-0.1, -0.05) is 30.3 Å². The fourth-order valence-electron chi connectivity index (χ4n) is 2.39. The van der Waals surface area contributed by atoms with Crippen LogP contribution < -0.4 is 15.5 Å². The SMILES string of the molecule is CNc1nc(NCc2ccccc2)nc(N2CCCC2)n1. The standard InChI is InChI=1S/C15H20N6/c1-16-13-18-14(17-11-12-7-3-2-4-8-12)20-15(19-13)21-9-5-6-10-21/h2-4,7-8H,5-6,9-11H2,1H3,(H2,16,17,18,19,20). The molecule has 6 nitrogen and oxygen atoms in total. The fraction of sp³-hybridized carbons (Fsp3) is 0.400. The Balaban J connectivity index is 1.75. The molecule has 0 atom stereocenters. The molecule has 0 aliphatic carbocycles. The number of rotatable bonds is 5. The fourth-order valence-corrected chi connectivity index (χ4v) is 2.39. The van der Waals surface area contributed by atoms with Crippen molar-refractivity contribution in [3.63, 3.8) is 0 Å². The van der Waals surface area contributed by atoms with E-state index in [0.717, 1.165) is 19.0 Å². The lowest BCUT2D eigenvalue weighted by molar-refractivity contribution is 0.878. The van der Waals surface area contributed by atoms with Crippen molar-refractivity contribution in [2.24, 2.45) is 0 Å². The van der Waals surface area contributed by atoms with Gasteiger partial charge in [-0.2, -0.15) is 15.0 Å². The molecule has 1 aliphatic rings. The van der Waals surface area contributed by atoms with Crippen LogP contribution >= 0.6 is 0 Å². The molecule has 0 saturated carbocycles. The van der Waals surface area contributed by atoms with Gasteiger partial charge in [-0.15, -0.1) is 0 Å². The van der Waals surface area contributed by atoms with Crippen LogP contribution in [0.3, 0.4) is 0 Å². The van der Waals surface area contributed by atoms with Crippen LogP contribution in [0.2, 0.25) is 0 Å². The molecule has 0 unspecified atom stereocenters. The van der Waals surface area contributed by atoms with Crippen molar-refractivity contribution in [3.8, 4) is 0 Å². The molecule has 2 aromatic rings. The maximum Gasteiger partial charge on any atom is 0.231 e. The predicted octanol–water partition coefficient (Wildman–Crippen LogP) is 2.13. The molecule has 1 aromatic carbocycles. The summed E-state index contributed by atoms with van der Waals surface area (Å²) >= 11 is 0. The van der Waals surface area contributed by atoms with Crippen LogP contribution in [0, 0.1) is 0 Å². The Labute approximate surface area is 124 Å². The topological polar surface area (TPSA) is 66.0 Å². The highest BCUT2D eigenvalue weighted by molar-refractivity contribution is 5.44. The van der Waals surface area contributed by atoms with Crippen LogP contribution in [0.1, 0.15) is 18.4 Å². The molecule has 1 aliphatic heterocycles. The molecule has 110 valence electrons. The zero-order valence-electron chi connectivity index (χ0n) is 12.2. The Morgan fingerprint density at radius 3 is 2.43 bits per heavy atom. The minimum absolute atomic E-state index is 0.600. The molecule has 0 amide bonds. The highest BCUT2D eigenvalue weighted by Crippen LogP contribution is 2.18. The van der Waals surface area contributed by atoms with E-state index >= 15 is 0 Å². The van der Waals surface area contributed by atoms with Gasteiger partial charge in [-0.3, -0.25) is 0 Å². The predicted molar refractivity (Wildman–Crippen MR) is 84.6 cm³/mol. The lowest BCUT2D eigenvalue weighted by Crippen LogP contribution is -2.22. The minimum Gasteiger partial charge on any atom is -0.357 e. The van der Waals surface area contributed by atoms with E-state index in [1.165, 1.54) is 18.4 Å². The van der Waals surface area contributed by atoms with Gasteiger partial charge < -0.3 is 15.5 Å². The van der Waals surface area contributed by atoms with Crippen molar-refractivity contribution >= 4 is 17.8 Å². The van der Waals surface area contributed by atoms with Crippen LogP contribution in [-0.4, -0.2) is 35.1 Å². The monoisotopic (exact) mass is 284 g/mol. The molecule has 6 heteroatoms. The van der Waals surface area contributed by atoms with Gasteiger partial charge in [0.1, 0.15) is 0 Å². The molecule has 0 bridgehead atoms. The molecule has 1 saturated heterocycles. The maximum absolute atomic E-state index is 4.53. The zero-order chi connectivity index (χ0) is 14.5. The van der Waals surface area contributed by atoms with Gasteiger partial charge in [0.25, 0.3) is 0 Å². The molecule has 3 rings (SSSR count). The van der Waals surface area contributed by atoms with Crippen molar-refractivity contribution in [3.05, 3.63) is 35.9 Å². The van der Waals surface area contributed by atoms with Crippen molar-refractivity contribution in [2.75, 3.05) is 35.7 Å². The zero-order valence-corrected chi connectivity index (χ0v) is 12.2. The minimum atomic E-state index is 0.600. The third-order valence-corrected chi connectivity index (χ3v) is 3.53. The van der Waals surface area contributed by atoms with E-state index in [4.69, 9.17) is 0 Å². The van der Waals surface area contributed by atoms with E-state index in [2.05, 4.69) is 42.6 Å². The van der Waals surface area contributed by atoms with Gasteiger partial charge in [0.05, 0.1) is 0 Å². The Morgan fingerprint density at radius 1 is 1.00 bits per heavy atom. The van der Waals surface area contributed by atoms with Gasteiger partial charge in [-0.05, 0) is 18.4 Å². The van der Waals surface area contributed by atoms with E-state index < -0.39 is 0 Å². The molecule has 0 spiro atoms. The average Bonchev–Trinajstić information content (AvgIpc) is 3.08. The molecule has 2 heterocycles. The van der Waals surface area contributed by atoms with Crippen molar-refractivity contribution in [2.45, 2.75) is 19.4 Å². The first-order valence-electron chi connectivity index (χ1n) is 7.32. The number of anilines is 3. The van der Waals surface area contributed by atoms with E-state index in [9.17, 15) is 0 Å². The third-order valence-electron chi connectivity index (χ3n) is 3.53. The van der Waals surface area contributed by atoms with Crippen LogP contribution in [0.4, 0.5) is 17.8 Å². The summed E-state index contributed by atoms with van der Waals surface area (Å²) in [4.78, 5) is 15.5. The summed E-state index contributed by atoms with van der Waals surface area (Å²) in [6.07, 6.45) is 2.40. The lowest BCUT2D eigenvalue weighted by Gasteiger charge is -2.16. The van der Waals surface area contributed by atoms with E-state index in [1.54, 1.807) is 0 Å². The first-order valence-corrected chi connectivity index (χ1v) is 7.32. The number of aromatic nitrogens is 3. The Hall–Kier alpha value is -2.37. The first-order chi connectivity index (χ1) is 10.3. The summed E-state index contributed by atoms with van der Waals surface area (Å²) in [5.41, 5.74) is 1.20. The average molecular weight is 284 g/mol. The second kappa shape index (κ2) is 6.39. The third kappa shape index (κ3) is 3.39. The van der Waals surface area contributed by atoms with Crippen molar-refractivity contribution in [1.82, 2.24) is 15.0 Å². The Morgan fingerprint density at radius 2 is 1.71 bits per heavy atom. The normalized spacial score (nSPS) is 14.2. The van der Waals surface area contributed by atoms with Crippen LogP contribution in [0.25, 0.3) is 0 Å². The Bertz CT molecular complexity index is 580. The molecule has 1 aromatic heterocycles. The number of benzene rings is 1. The summed E-state index contributed by atoms with van der Waals surface area (Å²) < 4.78 is 0. The van der Waals surface area contributed by atoms with Gasteiger partial charge in [0, 0.05) is 26.7 Å². The number of hydrogen-bond acceptors (Lipinski definition) is 6. The highest BCUT2D eigenvalue weighted by atomic mass is 15.3. The molecule has 21 heavy (non-hydrogen) atoms. The van der Waals surface area contributed by atoms with E-state index in [-0.39, 0.29) is 0 Å². The van der Waals surface area contributed by atoms with Crippen molar-refractivity contribution in [1.29, 1.82) is 0 Å². The summed E-state index contributed by atoms with van der Waals surface area (Å²) in [6, 6.07) is 10.2. The van der Waals surface area contributed by atoms with Crippen LogP contribution in [0.5, 0.6) is 0 Å². The summed E-state index contributed by atoms with van der Waals surface area (Å²) in [5, 5.41) is 6.27. The number of nitrogens with one attached hydrogen (secondary N) is 2. The lowest BCUT2D eigenvalue weighted by atomic mass is 10.2. The highest BCUT2D eigenvalue weighted by Gasteiger charge is 2.17. The summed E-state index contributed by atoms with van der Waals surface area (Å²) in [5.74, 6) is 1.96.